The molecule has 0 aliphatic carbocycles. The summed E-state index contributed by atoms with van der Waals surface area (Å²) in [6, 6.07) is 7.59. The molecule has 0 aromatic heterocycles. The smallest absolute Gasteiger partial charge is 0.321 e. The van der Waals surface area contributed by atoms with Gasteiger partial charge in [-0.25, -0.2) is 0 Å². The van der Waals surface area contributed by atoms with Crippen molar-refractivity contribution < 1.29 is 14.6 Å². The van der Waals surface area contributed by atoms with E-state index in [-0.39, 0.29) is 5.37 Å². The Bertz CT molecular complexity index is 410. The lowest BCUT2D eigenvalue weighted by Crippen LogP contribution is -2.33. The van der Waals surface area contributed by atoms with E-state index >= 15 is 0 Å². The van der Waals surface area contributed by atoms with Crippen molar-refractivity contribution in [2.45, 2.75) is 18.0 Å². The van der Waals surface area contributed by atoms with E-state index in [9.17, 15) is 4.79 Å². The van der Waals surface area contributed by atoms with Gasteiger partial charge in [0.25, 0.3) is 0 Å². The first-order valence-corrected chi connectivity index (χ1v) is 6.44. The number of ether oxygens (including phenoxy) is 1. The molecule has 1 aliphatic rings. The number of hydrogen-bond acceptors (Lipinski definition) is 4. The van der Waals surface area contributed by atoms with Crippen molar-refractivity contribution in [2.24, 2.45) is 0 Å². The van der Waals surface area contributed by atoms with Gasteiger partial charge in [-0.15, -0.1) is 11.8 Å². The second kappa shape index (κ2) is 5.53. The van der Waals surface area contributed by atoms with Crippen molar-refractivity contribution in [3.05, 3.63) is 35.4 Å². The molecule has 5 heteroatoms. The number of carboxylic acid groups (broad SMARTS) is 1. The zero-order valence-electron chi connectivity index (χ0n) is 9.55. The highest BCUT2D eigenvalue weighted by molar-refractivity contribution is 7.99. The van der Waals surface area contributed by atoms with E-state index in [0.717, 1.165) is 11.1 Å². The van der Waals surface area contributed by atoms with Crippen LogP contribution in [0.3, 0.4) is 0 Å². The van der Waals surface area contributed by atoms with E-state index < -0.39 is 12.0 Å². The number of carboxylic acids is 1. The molecule has 2 N–H and O–H groups in total. The number of aliphatic carboxylic acids is 1. The van der Waals surface area contributed by atoms with Crippen LogP contribution in [0.15, 0.2) is 24.3 Å². The SMILES string of the molecule is COCc1cccc(C2N[C@H](C(=O)O)CS2)c1. The number of benzene rings is 1. The van der Waals surface area contributed by atoms with Crippen molar-refractivity contribution >= 4 is 17.7 Å². The molecule has 0 saturated carbocycles. The van der Waals surface area contributed by atoms with Crippen LogP contribution in [-0.2, 0) is 16.1 Å². The first-order chi connectivity index (χ1) is 8.20. The topological polar surface area (TPSA) is 58.6 Å². The highest BCUT2D eigenvalue weighted by atomic mass is 32.2. The molecule has 2 atom stereocenters. The van der Waals surface area contributed by atoms with Gasteiger partial charge in [0.05, 0.1) is 12.0 Å². The van der Waals surface area contributed by atoms with E-state index in [1.807, 2.05) is 18.2 Å². The van der Waals surface area contributed by atoms with Gasteiger partial charge >= 0.3 is 5.97 Å². The van der Waals surface area contributed by atoms with Gasteiger partial charge < -0.3 is 9.84 Å². The van der Waals surface area contributed by atoms with Gasteiger partial charge in [0.2, 0.25) is 0 Å². The van der Waals surface area contributed by atoms with Gasteiger partial charge in [-0.2, -0.15) is 0 Å². The number of thioether (sulfide) groups is 1. The van der Waals surface area contributed by atoms with Crippen molar-refractivity contribution in [2.75, 3.05) is 12.9 Å². The number of rotatable bonds is 4. The van der Waals surface area contributed by atoms with Gasteiger partial charge in [0.1, 0.15) is 6.04 Å². The first-order valence-electron chi connectivity index (χ1n) is 5.39. The third kappa shape index (κ3) is 3.00. The van der Waals surface area contributed by atoms with E-state index in [0.29, 0.717) is 12.4 Å². The summed E-state index contributed by atoms with van der Waals surface area (Å²) in [7, 11) is 1.66. The van der Waals surface area contributed by atoms with Crippen LogP contribution in [0, 0.1) is 0 Å². The lowest BCUT2D eigenvalue weighted by molar-refractivity contribution is -0.138. The predicted octanol–water partition coefficient (Wildman–Crippen LogP) is 1.62. The highest BCUT2D eigenvalue weighted by Gasteiger charge is 2.30. The predicted molar refractivity (Wildman–Crippen MR) is 66.9 cm³/mol. The lowest BCUT2D eigenvalue weighted by atomic mass is 10.1. The number of carbonyl (C=O) groups is 1. The molecular weight excluding hydrogens is 238 g/mol. The van der Waals surface area contributed by atoms with Crippen LogP contribution < -0.4 is 5.32 Å². The summed E-state index contributed by atoms with van der Waals surface area (Å²) in [4.78, 5) is 10.9. The quantitative estimate of drug-likeness (QED) is 0.854. The van der Waals surface area contributed by atoms with Crippen molar-refractivity contribution in [3.8, 4) is 0 Å². The Labute approximate surface area is 104 Å². The standard InChI is InChI=1S/C12H15NO3S/c1-16-6-8-3-2-4-9(5-8)11-13-10(7-17-11)12(14)15/h2-5,10-11,13H,6-7H2,1H3,(H,14,15)/t10-,11?/m0/s1. The average molecular weight is 253 g/mol. The largest absolute Gasteiger partial charge is 0.480 e. The summed E-state index contributed by atoms with van der Waals surface area (Å²) in [6.07, 6.45) is 0. The fourth-order valence-corrected chi connectivity index (χ4v) is 3.04. The molecule has 4 nitrogen and oxygen atoms in total. The van der Waals surface area contributed by atoms with Gasteiger partial charge in [-0.05, 0) is 11.1 Å². The molecule has 1 fully saturated rings. The fourth-order valence-electron chi connectivity index (χ4n) is 1.82. The fraction of sp³-hybridized carbons (Fsp3) is 0.417. The third-order valence-electron chi connectivity index (χ3n) is 2.65. The van der Waals surface area contributed by atoms with Gasteiger partial charge in [-0.3, -0.25) is 10.1 Å². The summed E-state index contributed by atoms with van der Waals surface area (Å²) >= 11 is 1.63. The first kappa shape index (κ1) is 12.4. The van der Waals surface area contributed by atoms with Crippen LogP contribution in [0.25, 0.3) is 0 Å². The minimum absolute atomic E-state index is 0.0629. The highest BCUT2D eigenvalue weighted by Crippen LogP contribution is 2.33. The van der Waals surface area contributed by atoms with Crippen LogP contribution in [0.1, 0.15) is 16.5 Å². The Morgan fingerprint density at radius 3 is 3.12 bits per heavy atom. The molecule has 92 valence electrons. The average Bonchev–Trinajstić information content (AvgIpc) is 2.79. The van der Waals surface area contributed by atoms with Gasteiger partial charge in [0.15, 0.2) is 0 Å². The normalized spacial score (nSPS) is 23.8. The van der Waals surface area contributed by atoms with Crippen molar-refractivity contribution in [3.63, 3.8) is 0 Å². The maximum Gasteiger partial charge on any atom is 0.321 e. The van der Waals surface area contributed by atoms with Crippen LogP contribution in [0.2, 0.25) is 0 Å². The maximum absolute atomic E-state index is 10.9. The molecule has 1 aliphatic heterocycles. The van der Waals surface area contributed by atoms with E-state index in [2.05, 4.69) is 11.4 Å². The molecule has 0 bridgehead atoms. The summed E-state index contributed by atoms with van der Waals surface area (Å²) < 4.78 is 5.08. The maximum atomic E-state index is 10.9. The molecule has 0 spiro atoms. The summed E-state index contributed by atoms with van der Waals surface area (Å²) in [5.41, 5.74) is 2.21. The Morgan fingerprint density at radius 2 is 2.47 bits per heavy atom. The summed E-state index contributed by atoms with van der Waals surface area (Å²) in [5, 5.41) is 12.1. The Balaban J connectivity index is 2.08. The summed E-state index contributed by atoms with van der Waals surface area (Å²) in [6.45, 7) is 0.577. The van der Waals surface area contributed by atoms with E-state index in [4.69, 9.17) is 9.84 Å². The second-order valence-corrected chi connectivity index (χ2v) is 5.09. The molecule has 1 unspecified atom stereocenters. The second-order valence-electron chi connectivity index (χ2n) is 3.95. The minimum Gasteiger partial charge on any atom is -0.480 e. The van der Waals surface area contributed by atoms with E-state index in [1.165, 1.54) is 0 Å². The molecule has 1 saturated heterocycles. The zero-order chi connectivity index (χ0) is 12.3. The van der Waals surface area contributed by atoms with Crippen LogP contribution >= 0.6 is 11.8 Å². The molecule has 1 heterocycles. The van der Waals surface area contributed by atoms with Crippen LogP contribution in [0.5, 0.6) is 0 Å². The number of hydrogen-bond donors (Lipinski definition) is 2. The minimum atomic E-state index is -0.784. The third-order valence-corrected chi connectivity index (χ3v) is 3.91. The molecule has 1 aromatic carbocycles. The number of methoxy groups -OCH3 is 1. The molecular formula is C12H15NO3S. The zero-order valence-corrected chi connectivity index (χ0v) is 10.4. The van der Waals surface area contributed by atoms with Crippen LogP contribution in [0.4, 0.5) is 0 Å². The van der Waals surface area contributed by atoms with Crippen LogP contribution in [-0.4, -0.2) is 30.0 Å². The monoisotopic (exact) mass is 253 g/mol. The Morgan fingerprint density at radius 1 is 1.65 bits per heavy atom. The molecule has 0 amide bonds. The van der Waals surface area contributed by atoms with E-state index in [1.54, 1.807) is 18.9 Å². The van der Waals surface area contributed by atoms with Gasteiger partial charge in [0, 0.05) is 12.9 Å². The number of nitrogens with one attached hydrogen (secondary N) is 1. The van der Waals surface area contributed by atoms with Crippen molar-refractivity contribution in [1.29, 1.82) is 0 Å². The Kier molecular flexibility index (Phi) is 4.04. The molecule has 0 radical (unpaired) electrons. The lowest BCUT2D eigenvalue weighted by Gasteiger charge is -2.12. The molecule has 1 aromatic rings. The molecule has 2 rings (SSSR count). The molecule has 17 heavy (non-hydrogen) atoms. The van der Waals surface area contributed by atoms with Gasteiger partial charge in [-0.1, -0.05) is 24.3 Å². The summed E-state index contributed by atoms with van der Waals surface area (Å²) in [5.74, 6) is -0.179. The van der Waals surface area contributed by atoms with Crippen molar-refractivity contribution in [1.82, 2.24) is 5.32 Å². The Hall–Kier alpha value is -1.04.